The predicted octanol–water partition coefficient (Wildman–Crippen LogP) is 2.28. The van der Waals surface area contributed by atoms with Crippen LogP contribution in [0.5, 0.6) is 5.75 Å². The van der Waals surface area contributed by atoms with Gasteiger partial charge in [-0.2, -0.15) is 0 Å². The van der Waals surface area contributed by atoms with Crippen LogP contribution in [0.15, 0.2) is 18.2 Å². The SMILES string of the molecule is COc1cc(C(=O)CNC2CC2)ccc1Cl. The zero-order valence-corrected chi connectivity index (χ0v) is 9.88. The van der Waals surface area contributed by atoms with Crippen molar-refractivity contribution in [2.75, 3.05) is 13.7 Å². The second-order valence-electron chi connectivity index (χ2n) is 3.93. The minimum absolute atomic E-state index is 0.0712. The molecule has 0 bridgehead atoms. The van der Waals surface area contributed by atoms with Crippen molar-refractivity contribution in [2.45, 2.75) is 18.9 Å². The third-order valence-corrected chi connectivity index (χ3v) is 2.91. The average Bonchev–Trinajstić information content (AvgIpc) is 3.10. The van der Waals surface area contributed by atoms with Gasteiger partial charge >= 0.3 is 0 Å². The molecule has 0 unspecified atom stereocenters. The normalized spacial score (nSPS) is 14.9. The summed E-state index contributed by atoms with van der Waals surface area (Å²) < 4.78 is 5.07. The Labute approximate surface area is 99.7 Å². The molecule has 0 spiro atoms. The number of halogens is 1. The fourth-order valence-corrected chi connectivity index (χ4v) is 1.65. The smallest absolute Gasteiger partial charge is 0.176 e. The number of carbonyl (C=O) groups excluding carboxylic acids is 1. The number of hydrogen-bond donors (Lipinski definition) is 1. The zero-order valence-electron chi connectivity index (χ0n) is 9.13. The fraction of sp³-hybridized carbons (Fsp3) is 0.417. The Bertz CT molecular complexity index is 402. The number of benzene rings is 1. The van der Waals surface area contributed by atoms with Crippen molar-refractivity contribution in [1.82, 2.24) is 5.32 Å². The highest BCUT2D eigenvalue weighted by atomic mass is 35.5. The van der Waals surface area contributed by atoms with E-state index in [1.807, 2.05) is 0 Å². The zero-order chi connectivity index (χ0) is 11.5. The van der Waals surface area contributed by atoms with E-state index in [0.29, 0.717) is 28.9 Å². The van der Waals surface area contributed by atoms with Crippen LogP contribution in [0, 0.1) is 0 Å². The van der Waals surface area contributed by atoms with Crippen molar-refractivity contribution in [3.05, 3.63) is 28.8 Å². The summed E-state index contributed by atoms with van der Waals surface area (Å²) in [6.07, 6.45) is 2.36. The summed E-state index contributed by atoms with van der Waals surface area (Å²) >= 11 is 5.89. The molecule has 0 amide bonds. The van der Waals surface area contributed by atoms with E-state index in [-0.39, 0.29) is 5.78 Å². The molecule has 1 saturated carbocycles. The maximum atomic E-state index is 11.8. The second-order valence-corrected chi connectivity index (χ2v) is 4.33. The van der Waals surface area contributed by atoms with Gasteiger partial charge in [0, 0.05) is 11.6 Å². The van der Waals surface area contributed by atoms with Crippen LogP contribution in [0.1, 0.15) is 23.2 Å². The van der Waals surface area contributed by atoms with Crippen LogP contribution < -0.4 is 10.1 Å². The van der Waals surface area contributed by atoms with Crippen molar-refractivity contribution in [3.8, 4) is 5.75 Å². The first-order chi connectivity index (χ1) is 7.70. The first-order valence-corrected chi connectivity index (χ1v) is 5.68. The molecule has 1 fully saturated rings. The Hall–Kier alpha value is -1.06. The molecule has 4 heteroatoms. The second kappa shape index (κ2) is 4.85. The van der Waals surface area contributed by atoms with Crippen molar-refractivity contribution in [2.24, 2.45) is 0 Å². The molecule has 1 aromatic rings. The molecule has 16 heavy (non-hydrogen) atoms. The molecule has 0 saturated heterocycles. The van der Waals surface area contributed by atoms with Crippen LogP contribution in [0.25, 0.3) is 0 Å². The summed E-state index contributed by atoms with van der Waals surface area (Å²) in [7, 11) is 1.54. The van der Waals surface area contributed by atoms with Crippen LogP contribution in [0.2, 0.25) is 5.02 Å². The first kappa shape index (κ1) is 11.4. The number of ether oxygens (including phenoxy) is 1. The van der Waals surface area contributed by atoms with Crippen molar-refractivity contribution in [1.29, 1.82) is 0 Å². The minimum Gasteiger partial charge on any atom is -0.495 e. The van der Waals surface area contributed by atoms with Crippen molar-refractivity contribution < 1.29 is 9.53 Å². The van der Waals surface area contributed by atoms with Gasteiger partial charge in [-0.05, 0) is 31.0 Å². The molecule has 1 aliphatic carbocycles. The standard InChI is InChI=1S/C12H14ClNO2/c1-16-12-6-8(2-5-10(12)13)11(15)7-14-9-3-4-9/h2,5-6,9,14H,3-4,7H2,1H3. The van der Waals surface area contributed by atoms with E-state index in [0.717, 1.165) is 0 Å². The lowest BCUT2D eigenvalue weighted by Gasteiger charge is -2.06. The van der Waals surface area contributed by atoms with Gasteiger partial charge in [-0.1, -0.05) is 11.6 Å². The number of rotatable bonds is 5. The maximum Gasteiger partial charge on any atom is 0.176 e. The number of Topliss-reactive ketones (excluding diaryl/α,β-unsaturated/α-hetero) is 1. The number of methoxy groups -OCH3 is 1. The average molecular weight is 240 g/mol. The molecule has 1 N–H and O–H groups in total. The molecule has 1 aliphatic rings. The molecule has 3 nitrogen and oxygen atoms in total. The summed E-state index contributed by atoms with van der Waals surface area (Å²) in [4.78, 5) is 11.8. The Morgan fingerprint density at radius 3 is 2.94 bits per heavy atom. The lowest BCUT2D eigenvalue weighted by atomic mass is 10.1. The molecule has 0 aliphatic heterocycles. The molecular formula is C12H14ClNO2. The molecule has 2 rings (SSSR count). The summed E-state index contributed by atoms with van der Waals surface area (Å²) in [6.45, 7) is 0.384. The molecule has 0 aromatic heterocycles. The van der Waals surface area contributed by atoms with Crippen LogP contribution in [0.3, 0.4) is 0 Å². The Balaban J connectivity index is 2.03. The van der Waals surface area contributed by atoms with Crippen molar-refractivity contribution >= 4 is 17.4 Å². The summed E-state index contributed by atoms with van der Waals surface area (Å²) in [5, 5.41) is 3.71. The summed E-state index contributed by atoms with van der Waals surface area (Å²) in [5.41, 5.74) is 0.634. The van der Waals surface area contributed by atoms with Crippen LogP contribution in [-0.2, 0) is 0 Å². The number of carbonyl (C=O) groups is 1. The molecule has 1 aromatic carbocycles. The quantitative estimate of drug-likeness (QED) is 0.802. The minimum atomic E-state index is 0.0712. The van der Waals surface area contributed by atoms with Gasteiger partial charge in [0.15, 0.2) is 5.78 Å². The lowest BCUT2D eigenvalue weighted by Crippen LogP contribution is -2.24. The van der Waals surface area contributed by atoms with E-state index in [1.54, 1.807) is 18.2 Å². The largest absolute Gasteiger partial charge is 0.495 e. The molecule has 0 atom stereocenters. The van der Waals surface area contributed by atoms with Crippen LogP contribution in [-0.4, -0.2) is 25.5 Å². The van der Waals surface area contributed by atoms with E-state index in [2.05, 4.69) is 5.32 Å². The summed E-state index contributed by atoms with van der Waals surface area (Å²) in [5.74, 6) is 0.612. The molecular weight excluding hydrogens is 226 g/mol. The van der Waals surface area contributed by atoms with E-state index in [1.165, 1.54) is 20.0 Å². The van der Waals surface area contributed by atoms with Gasteiger partial charge in [0.2, 0.25) is 0 Å². The third kappa shape index (κ3) is 2.74. The highest BCUT2D eigenvalue weighted by Gasteiger charge is 2.21. The van der Waals surface area contributed by atoms with Gasteiger partial charge in [-0.15, -0.1) is 0 Å². The van der Waals surface area contributed by atoms with Crippen LogP contribution in [0.4, 0.5) is 0 Å². The lowest BCUT2D eigenvalue weighted by molar-refractivity contribution is 0.0990. The molecule has 0 radical (unpaired) electrons. The van der Waals surface area contributed by atoms with Crippen LogP contribution >= 0.6 is 11.6 Å². The predicted molar refractivity (Wildman–Crippen MR) is 63.4 cm³/mol. The van der Waals surface area contributed by atoms with Gasteiger partial charge in [-0.3, -0.25) is 4.79 Å². The Morgan fingerprint density at radius 1 is 1.56 bits per heavy atom. The van der Waals surface area contributed by atoms with Gasteiger partial charge in [0.25, 0.3) is 0 Å². The van der Waals surface area contributed by atoms with Gasteiger partial charge in [0.05, 0.1) is 18.7 Å². The highest BCUT2D eigenvalue weighted by molar-refractivity contribution is 6.32. The summed E-state index contributed by atoms with van der Waals surface area (Å²) in [6, 6.07) is 5.63. The molecule has 86 valence electrons. The Morgan fingerprint density at radius 2 is 2.31 bits per heavy atom. The van der Waals surface area contributed by atoms with E-state index >= 15 is 0 Å². The van der Waals surface area contributed by atoms with Gasteiger partial charge in [0.1, 0.15) is 5.75 Å². The first-order valence-electron chi connectivity index (χ1n) is 5.31. The van der Waals surface area contributed by atoms with Gasteiger partial charge < -0.3 is 10.1 Å². The van der Waals surface area contributed by atoms with E-state index in [9.17, 15) is 4.79 Å². The fourth-order valence-electron chi connectivity index (χ4n) is 1.46. The number of ketones is 1. The van der Waals surface area contributed by atoms with Crippen molar-refractivity contribution in [3.63, 3.8) is 0 Å². The monoisotopic (exact) mass is 239 g/mol. The maximum absolute atomic E-state index is 11.8. The number of nitrogens with one attached hydrogen (secondary N) is 1. The molecule has 0 heterocycles. The third-order valence-electron chi connectivity index (χ3n) is 2.60. The number of hydrogen-bond acceptors (Lipinski definition) is 3. The Kier molecular flexibility index (Phi) is 3.46. The highest BCUT2D eigenvalue weighted by Crippen LogP contribution is 2.25. The van der Waals surface area contributed by atoms with E-state index < -0.39 is 0 Å². The van der Waals surface area contributed by atoms with E-state index in [4.69, 9.17) is 16.3 Å². The topological polar surface area (TPSA) is 38.3 Å². The van der Waals surface area contributed by atoms with Gasteiger partial charge in [-0.25, -0.2) is 0 Å².